The lowest BCUT2D eigenvalue weighted by Gasteiger charge is -2.06. The van der Waals surface area contributed by atoms with Gasteiger partial charge in [0.05, 0.1) is 17.9 Å². The Balaban J connectivity index is 2.18. The van der Waals surface area contributed by atoms with Gasteiger partial charge in [-0.15, -0.1) is 0 Å². The molecule has 0 spiro atoms. The first-order valence-corrected chi connectivity index (χ1v) is 7.06. The molecule has 0 amide bonds. The van der Waals surface area contributed by atoms with Crippen LogP contribution in [-0.2, 0) is 0 Å². The van der Waals surface area contributed by atoms with Gasteiger partial charge in [-0.1, -0.05) is 28.1 Å². The lowest BCUT2D eigenvalue weighted by Crippen LogP contribution is -1.93. The Morgan fingerprint density at radius 2 is 2.10 bits per heavy atom. The number of aromatic nitrogens is 1. The quantitative estimate of drug-likeness (QED) is 0.729. The van der Waals surface area contributed by atoms with Gasteiger partial charge in [0.1, 0.15) is 11.3 Å². The molecular formula is C15H13BrN2O2. The van der Waals surface area contributed by atoms with Crippen molar-refractivity contribution in [1.82, 2.24) is 4.98 Å². The molecular weight excluding hydrogens is 320 g/mol. The number of nitrogens with two attached hydrogens (primary N) is 1. The number of benzene rings is 2. The number of nitrogens with zero attached hydrogens (tertiary/aromatic N) is 1. The molecule has 0 bridgehead atoms. The van der Waals surface area contributed by atoms with E-state index in [1.165, 1.54) is 0 Å². The van der Waals surface area contributed by atoms with Crippen molar-refractivity contribution in [3.8, 4) is 17.2 Å². The lowest BCUT2D eigenvalue weighted by atomic mass is 10.2. The number of fused-ring (bicyclic) bond motifs is 1. The summed E-state index contributed by atoms with van der Waals surface area (Å²) in [5.74, 6) is 1.26. The number of hydrogen-bond donors (Lipinski definition) is 1. The summed E-state index contributed by atoms with van der Waals surface area (Å²) in [4.78, 5) is 4.49. The van der Waals surface area contributed by atoms with E-state index in [1.807, 2.05) is 37.3 Å². The van der Waals surface area contributed by atoms with E-state index in [0.717, 1.165) is 21.3 Å². The van der Waals surface area contributed by atoms with E-state index in [0.29, 0.717) is 23.8 Å². The maximum absolute atomic E-state index is 5.95. The van der Waals surface area contributed by atoms with Crippen LogP contribution >= 0.6 is 15.9 Å². The van der Waals surface area contributed by atoms with Crippen LogP contribution in [0.5, 0.6) is 5.75 Å². The number of para-hydroxylation sites is 1. The second-order valence-corrected chi connectivity index (χ2v) is 5.21. The molecule has 1 aromatic heterocycles. The summed E-state index contributed by atoms with van der Waals surface area (Å²) in [7, 11) is 0. The van der Waals surface area contributed by atoms with Crippen LogP contribution in [0.15, 0.2) is 45.3 Å². The molecule has 0 aliphatic carbocycles. The normalized spacial score (nSPS) is 10.9. The van der Waals surface area contributed by atoms with Gasteiger partial charge in [-0.25, -0.2) is 4.98 Å². The minimum absolute atomic E-state index is 0.508. The Kier molecular flexibility index (Phi) is 3.36. The van der Waals surface area contributed by atoms with Crippen LogP contribution in [0.1, 0.15) is 6.92 Å². The largest absolute Gasteiger partial charge is 0.493 e. The van der Waals surface area contributed by atoms with Crippen LogP contribution in [-0.4, -0.2) is 11.6 Å². The molecule has 0 radical (unpaired) electrons. The highest BCUT2D eigenvalue weighted by molar-refractivity contribution is 9.10. The molecule has 1 heterocycles. The fourth-order valence-electron chi connectivity index (χ4n) is 2.06. The van der Waals surface area contributed by atoms with Gasteiger partial charge in [-0.3, -0.25) is 0 Å². The van der Waals surface area contributed by atoms with Crippen molar-refractivity contribution >= 4 is 32.7 Å². The fraction of sp³-hybridized carbons (Fsp3) is 0.133. The highest BCUT2D eigenvalue weighted by Crippen LogP contribution is 2.34. The zero-order valence-corrected chi connectivity index (χ0v) is 12.5. The molecule has 5 heteroatoms. The maximum Gasteiger partial charge on any atom is 0.231 e. The molecule has 4 nitrogen and oxygen atoms in total. The van der Waals surface area contributed by atoms with Gasteiger partial charge in [0.2, 0.25) is 5.89 Å². The zero-order valence-electron chi connectivity index (χ0n) is 10.9. The summed E-state index contributed by atoms with van der Waals surface area (Å²) in [6, 6.07) is 11.3. The van der Waals surface area contributed by atoms with Crippen LogP contribution in [0, 0.1) is 0 Å². The summed E-state index contributed by atoms with van der Waals surface area (Å²) in [6.07, 6.45) is 0. The predicted molar refractivity (Wildman–Crippen MR) is 82.7 cm³/mol. The van der Waals surface area contributed by atoms with E-state index in [1.54, 1.807) is 6.07 Å². The molecule has 102 valence electrons. The Labute approximate surface area is 124 Å². The van der Waals surface area contributed by atoms with Crippen LogP contribution in [0.4, 0.5) is 5.69 Å². The number of hydrogen-bond acceptors (Lipinski definition) is 4. The number of nitrogen functional groups attached to an aromatic ring is 1. The molecule has 20 heavy (non-hydrogen) atoms. The predicted octanol–water partition coefficient (Wildman–Crippen LogP) is 4.24. The highest BCUT2D eigenvalue weighted by atomic mass is 79.9. The Hall–Kier alpha value is -2.01. The topological polar surface area (TPSA) is 61.3 Å². The fourth-order valence-corrected chi connectivity index (χ4v) is 2.53. The number of rotatable bonds is 3. The number of oxazole rings is 1. The van der Waals surface area contributed by atoms with Gasteiger partial charge in [0.15, 0.2) is 5.58 Å². The van der Waals surface area contributed by atoms with Crippen LogP contribution < -0.4 is 10.5 Å². The first kappa shape index (κ1) is 13.0. The molecule has 2 N–H and O–H groups in total. The van der Waals surface area contributed by atoms with E-state index >= 15 is 0 Å². The molecule has 0 aliphatic heterocycles. The van der Waals surface area contributed by atoms with E-state index in [4.69, 9.17) is 14.9 Å². The van der Waals surface area contributed by atoms with Gasteiger partial charge in [0.25, 0.3) is 0 Å². The summed E-state index contributed by atoms with van der Waals surface area (Å²) in [5, 5.41) is 0. The standard InChI is InChI=1S/C15H13BrN2O2/c1-2-19-13-6-4-3-5-10(13)15-18-12-8-9(16)7-11(17)14(12)20-15/h3-8H,2,17H2,1H3. The van der Waals surface area contributed by atoms with Crippen molar-refractivity contribution < 1.29 is 9.15 Å². The smallest absolute Gasteiger partial charge is 0.231 e. The van der Waals surface area contributed by atoms with Gasteiger partial charge in [-0.2, -0.15) is 0 Å². The van der Waals surface area contributed by atoms with E-state index < -0.39 is 0 Å². The highest BCUT2D eigenvalue weighted by Gasteiger charge is 2.14. The number of ether oxygens (including phenoxy) is 1. The zero-order chi connectivity index (χ0) is 14.1. The third-order valence-electron chi connectivity index (χ3n) is 2.90. The molecule has 0 atom stereocenters. The van der Waals surface area contributed by atoms with Gasteiger partial charge < -0.3 is 14.9 Å². The van der Waals surface area contributed by atoms with Crippen molar-refractivity contribution in [2.45, 2.75) is 6.92 Å². The molecule has 3 aromatic rings. The monoisotopic (exact) mass is 332 g/mol. The number of halogens is 1. The van der Waals surface area contributed by atoms with Crippen molar-refractivity contribution in [1.29, 1.82) is 0 Å². The Morgan fingerprint density at radius 1 is 1.30 bits per heavy atom. The van der Waals surface area contributed by atoms with E-state index in [9.17, 15) is 0 Å². The SMILES string of the molecule is CCOc1ccccc1-c1nc2cc(Br)cc(N)c2o1. The average Bonchev–Trinajstić information content (AvgIpc) is 2.83. The Bertz CT molecular complexity index is 768. The van der Waals surface area contributed by atoms with Crippen molar-refractivity contribution in [3.05, 3.63) is 40.9 Å². The van der Waals surface area contributed by atoms with Crippen molar-refractivity contribution in [3.63, 3.8) is 0 Å². The summed E-state index contributed by atoms with van der Waals surface area (Å²) >= 11 is 3.40. The summed E-state index contributed by atoms with van der Waals surface area (Å²) in [5.41, 5.74) is 8.64. The molecule has 0 saturated carbocycles. The summed E-state index contributed by atoms with van der Waals surface area (Å²) in [6.45, 7) is 2.53. The van der Waals surface area contributed by atoms with E-state index in [2.05, 4.69) is 20.9 Å². The van der Waals surface area contributed by atoms with Gasteiger partial charge in [-0.05, 0) is 31.2 Å². The Morgan fingerprint density at radius 3 is 2.90 bits per heavy atom. The third-order valence-corrected chi connectivity index (χ3v) is 3.36. The molecule has 0 saturated heterocycles. The van der Waals surface area contributed by atoms with Crippen LogP contribution in [0.2, 0.25) is 0 Å². The molecule has 3 rings (SSSR count). The molecule has 0 fully saturated rings. The van der Waals surface area contributed by atoms with Crippen LogP contribution in [0.3, 0.4) is 0 Å². The minimum Gasteiger partial charge on any atom is -0.493 e. The van der Waals surface area contributed by atoms with Crippen LogP contribution in [0.25, 0.3) is 22.6 Å². The molecule has 0 unspecified atom stereocenters. The number of anilines is 1. The van der Waals surface area contributed by atoms with Crippen molar-refractivity contribution in [2.24, 2.45) is 0 Å². The van der Waals surface area contributed by atoms with Crippen molar-refractivity contribution in [2.75, 3.05) is 12.3 Å². The van der Waals surface area contributed by atoms with E-state index in [-0.39, 0.29) is 0 Å². The molecule has 0 aliphatic rings. The first-order valence-electron chi connectivity index (χ1n) is 6.27. The lowest BCUT2D eigenvalue weighted by molar-refractivity contribution is 0.340. The van der Waals surface area contributed by atoms with Gasteiger partial charge in [0, 0.05) is 4.47 Å². The average molecular weight is 333 g/mol. The second-order valence-electron chi connectivity index (χ2n) is 4.29. The second kappa shape index (κ2) is 5.17. The maximum atomic E-state index is 5.95. The summed E-state index contributed by atoms with van der Waals surface area (Å²) < 4.78 is 12.3. The minimum atomic E-state index is 0.508. The third kappa shape index (κ3) is 2.25. The van der Waals surface area contributed by atoms with Gasteiger partial charge >= 0.3 is 0 Å². The first-order chi connectivity index (χ1) is 9.69. The molecule has 2 aromatic carbocycles.